The van der Waals surface area contributed by atoms with E-state index in [1.807, 2.05) is 6.07 Å². The van der Waals surface area contributed by atoms with Crippen molar-refractivity contribution in [3.05, 3.63) is 11.8 Å². The third-order valence-electron chi connectivity index (χ3n) is 3.95. The standard InChI is InChI=1S/C12H17FN4O/c1-12(13)6-7(12)9-5-10-16(2)11(18)8(14)3-4-17(10)15-9/h5,7-8H,3-4,6,14H2,1-2H3. The van der Waals surface area contributed by atoms with Crippen LogP contribution in [-0.2, 0) is 11.3 Å². The molecule has 0 spiro atoms. The lowest BCUT2D eigenvalue weighted by molar-refractivity contribution is -0.119. The number of anilines is 1. The van der Waals surface area contributed by atoms with Crippen LogP contribution in [0.3, 0.4) is 0 Å². The third-order valence-corrected chi connectivity index (χ3v) is 3.95. The molecule has 0 saturated heterocycles. The number of nitrogens with two attached hydrogens (primary N) is 1. The molecule has 1 aromatic heterocycles. The van der Waals surface area contributed by atoms with Gasteiger partial charge in [-0.15, -0.1) is 0 Å². The minimum absolute atomic E-state index is 0.112. The zero-order chi connectivity index (χ0) is 13.1. The van der Waals surface area contributed by atoms with Gasteiger partial charge in [-0.2, -0.15) is 5.10 Å². The van der Waals surface area contributed by atoms with Crippen molar-refractivity contribution in [2.75, 3.05) is 11.9 Å². The van der Waals surface area contributed by atoms with E-state index in [1.165, 1.54) is 4.90 Å². The molecule has 1 amide bonds. The van der Waals surface area contributed by atoms with Crippen LogP contribution in [0.15, 0.2) is 6.07 Å². The summed E-state index contributed by atoms with van der Waals surface area (Å²) >= 11 is 0. The second-order valence-corrected chi connectivity index (χ2v) is 5.48. The van der Waals surface area contributed by atoms with E-state index in [1.54, 1.807) is 18.7 Å². The summed E-state index contributed by atoms with van der Waals surface area (Å²) in [6.07, 6.45) is 1.08. The Labute approximate surface area is 105 Å². The van der Waals surface area contributed by atoms with Gasteiger partial charge in [0.05, 0.1) is 11.7 Å². The number of carbonyl (C=O) groups excluding carboxylic acids is 1. The fourth-order valence-electron chi connectivity index (χ4n) is 2.53. The van der Waals surface area contributed by atoms with Crippen LogP contribution >= 0.6 is 0 Å². The molecule has 6 heteroatoms. The first-order chi connectivity index (χ1) is 8.40. The Bertz CT molecular complexity index is 510. The minimum Gasteiger partial charge on any atom is -0.320 e. The van der Waals surface area contributed by atoms with Crippen LogP contribution in [0.1, 0.15) is 31.4 Å². The van der Waals surface area contributed by atoms with Crippen LogP contribution in [-0.4, -0.2) is 34.4 Å². The summed E-state index contributed by atoms with van der Waals surface area (Å²) in [4.78, 5) is 13.4. The Balaban J connectivity index is 1.94. The van der Waals surface area contributed by atoms with E-state index in [0.29, 0.717) is 25.2 Å². The van der Waals surface area contributed by atoms with Crippen molar-refractivity contribution in [1.29, 1.82) is 0 Å². The number of rotatable bonds is 1. The van der Waals surface area contributed by atoms with E-state index < -0.39 is 11.7 Å². The van der Waals surface area contributed by atoms with Gasteiger partial charge in [0.1, 0.15) is 11.5 Å². The van der Waals surface area contributed by atoms with Gasteiger partial charge in [-0.3, -0.25) is 9.69 Å². The van der Waals surface area contributed by atoms with Crippen molar-refractivity contribution in [2.24, 2.45) is 5.73 Å². The third kappa shape index (κ3) is 1.63. The Morgan fingerprint density at radius 2 is 2.28 bits per heavy atom. The maximum Gasteiger partial charge on any atom is 0.244 e. The lowest BCUT2D eigenvalue weighted by atomic mass is 10.2. The molecule has 1 aliphatic carbocycles. The summed E-state index contributed by atoms with van der Waals surface area (Å²) in [5, 5.41) is 4.41. The predicted octanol–water partition coefficient (Wildman–Crippen LogP) is 0.792. The molecule has 3 rings (SSSR count). The predicted molar refractivity (Wildman–Crippen MR) is 65.1 cm³/mol. The number of nitrogens with zero attached hydrogens (tertiary/aromatic N) is 3. The van der Waals surface area contributed by atoms with Gasteiger partial charge in [-0.05, 0) is 19.8 Å². The lowest BCUT2D eigenvalue weighted by Gasteiger charge is -2.16. The molecule has 0 bridgehead atoms. The van der Waals surface area contributed by atoms with E-state index in [4.69, 9.17) is 5.73 Å². The molecular weight excluding hydrogens is 235 g/mol. The van der Waals surface area contributed by atoms with Crippen molar-refractivity contribution in [2.45, 2.75) is 43.9 Å². The topological polar surface area (TPSA) is 64.2 Å². The molecule has 5 nitrogen and oxygen atoms in total. The number of halogens is 1. The average molecular weight is 252 g/mol. The van der Waals surface area contributed by atoms with Crippen LogP contribution in [0.2, 0.25) is 0 Å². The van der Waals surface area contributed by atoms with Crippen molar-refractivity contribution >= 4 is 11.7 Å². The Kier molecular flexibility index (Phi) is 2.29. The Hall–Kier alpha value is -1.43. The first kappa shape index (κ1) is 11.6. The summed E-state index contributed by atoms with van der Waals surface area (Å²) in [6.45, 7) is 2.19. The molecular formula is C12H17FN4O. The van der Waals surface area contributed by atoms with Gasteiger partial charge in [-0.1, -0.05) is 0 Å². The molecule has 1 saturated carbocycles. The molecule has 1 aromatic rings. The molecule has 2 heterocycles. The van der Waals surface area contributed by atoms with E-state index in [2.05, 4.69) is 5.10 Å². The van der Waals surface area contributed by atoms with Crippen LogP contribution < -0.4 is 10.6 Å². The number of aromatic nitrogens is 2. The molecule has 0 radical (unpaired) electrons. The van der Waals surface area contributed by atoms with Gasteiger partial charge < -0.3 is 5.73 Å². The molecule has 0 aromatic carbocycles. The highest BCUT2D eigenvalue weighted by molar-refractivity contribution is 5.96. The van der Waals surface area contributed by atoms with Crippen LogP contribution in [0, 0.1) is 0 Å². The second kappa shape index (κ2) is 3.54. The number of fused-ring (bicyclic) bond motifs is 1. The quantitative estimate of drug-likeness (QED) is 0.803. The first-order valence-corrected chi connectivity index (χ1v) is 6.20. The zero-order valence-corrected chi connectivity index (χ0v) is 10.6. The Morgan fingerprint density at radius 3 is 2.89 bits per heavy atom. The van der Waals surface area contributed by atoms with Gasteiger partial charge in [0, 0.05) is 25.6 Å². The van der Waals surface area contributed by atoms with E-state index in [-0.39, 0.29) is 11.8 Å². The first-order valence-electron chi connectivity index (χ1n) is 6.20. The van der Waals surface area contributed by atoms with Gasteiger partial charge in [0.2, 0.25) is 5.91 Å². The summed E-state index contributed by atoms with van der Waals surface area (Å²) in [6, 6.07) is 1.33. The molecule has 1 fully saturated rings. The summed E-state index contributed by atoms with van der Waals surface area (Å²) in [5.74, 6) is 0.471. The molecule has 3 unspecified atom stereocenters. The van der Waals surface area contributed by atoms with Gasteiger partial charge in [0.25, 0.3) is 0 Å². The fourth-order valence-corrected chi connectivity index (χ4v) is 2.53. The maximum absolute atomic E-state index is 13.7. The van der Waals surface area contributed by atoms with Crippen molar-refractivity contribution in [3.63, 3.8) is 0 Å². The number of hydrogen-bond donors (Lipinski definition) is 1. The summed E-state index contributed by atoms with van der Waals surface area (Å²) in [5.41, 5.74) is 5.37. The molecule has 18 heavy (non-hydrogen) atoms. The van der Waals surface area contributed by atoms with Gasteiger partial charge >= 0.3 is 0 Å². The van der Waals surface area contributed by atoms with Crippen molar-refractivity contribution in [1.82, 2.24) is 9.78 Å². The number of hydrogen-bond acceptors (Lipinski definition) is 3. The highest BCUT2D eigenvalue weighted by atomic mass is 19.1. The SMILES string of the molecule is CN1C(=O)C(N)CCn2nc(C3CC3(C)F)cc21. The van der Waals surface area contributed by atoms with E-state index in [0.717, 1.165) is 5.69 Å². The summed E-state index contributed by atoms with van der Waals surface area (Å²) in [7, 11) is 1.69. The van der Waals surface area contributed by atoms with Crippen molar-refractivity contribution in [3.8, 4) is 0 Å². The van der Waals surface area contributed by atoms with E-state index >= 15 is 0 Å². The second-order valence-electron chi connectivity index (χ2n) is 5.48. The highest BCUT2D eigenvalue weighted by Crippen LogP contribution is 2.54. The zero-order valence-electron chi connectivity index (χ0n) is 10.6. The summed E-state index contributed by atoms with van der Waals surface area (Å²) < 4.78 is 15.4. The molecule has 98 valence electrons. The molecule has 2 aliphatic rings. The minimum atomic E-state index is -1.14. The van der Waals surface area contributed by atoms with Crippen LogP contribution in [0.5, 0.6) is 0 Å². The number of aryl methyl sites for hydroxylation is 1. The average Bonchev–Trinajstić information content (AvgIpc) is 2.81. The Morgan fingerprint density at radius 1 is 1.61 bits per heavy atom. The van der Waals surface area contributed by atoms with E-state index in [9.17, 15) is 9.18 Å². The highest BCUT2D eigenvalue weighted by Gasteiger charge is 2.53. The maximum atomic E-state index is 13.7. The largest absolute Gasteiger partial charge is 0.320 e. The smallest absolute Gasteiger partial charge is 0.244 e. The fraction of sp³-hybridized carbons (Fsp3) is 0.667. The van der Waals surface area contributed by atoms with Gasteiger partial charge in [-0.25, -0.2) is 9.07 Å². The number of likely N-dealkylation sites (N-methyl/N-ethyl adjacent to an activating group) is 1. The number of alkyl halides is 1. The normalized spacial score (nSPS) is 35.3. The van der Waals surface area contributed by atoms with Gasteiger partial charge in [0.15, 0.2) is 0 Å². The lowest BCUT2D eigenvalue weighted by Crippen LogP contribution is -2.40. The van der Waals surface area contributed by atoms with Crippen LogP contribution in [0.25, 0.3) is 0 Å². The monoisotopic (exact) mass is 252 g/mol. The number of amides is 1. The number of carbonyl (C=O) groups is 1. The van der Waals surface area contributed by atoms with Crippen LogP contribution in [0.4, 0.5) is 10.2 Å². The van der Waals surface area contributed by atoms with Crippen molar-refractivity contribution < 1.29 is 9.18 Å². The molecule has 1 aliphatic heterocycles. The molecule has 3 atom stereocenters. The molecule has 2 N–H and O–H groups in total.